The Bertz CT molecular complexity index is 3210. The molecule has 0 fully saturated rings. The second kappa shape index (κ2) is 56.3. The number of primary amides is 1. The van der Waals surface area contributed by atoms with Crippen molar-refractivity contribution in [3.05, 3.63) is 0 Å². The Morgan fingerprint density at radius 3 is 0.464 bits per heavy atom. The Morgan fingerprint density at radius 2 is 0.355 bits per heavy atom. The number of carbonyl (C=O) groups is 11. The van der Waals surface area contributed by atoms with Gasteiger partial charge in [0, 0.05) is 71.1 Å². The highest BCUT2D eigenvalue weighted by molar-refractivity contribution is 7.80. The number of aliphatic imine (C=N–C) groups is 9. The molecule has 10 atom stereocenters. The van der Waals surface area contributed by atoms with Gasteiger partial charge in [0.25, 0.3) is 0 Å². The van der Waals surface area contributed by atoms with E-state index in [0.717, 1.165) is 0 Å². The minimum atomic E-state index is -1.61. The van der Waals surface area contributed by atoms with Gasteiger partial charge in [-0.3, -0.25) is 97.7 Å². The maximum Gasteiger partial charge on any atom is 0.243 e. The minimum absolute atomic E-state index is 0.00183. The van der Waals surface area contributed by atoms with Gasteiger partial charge in [0.05, 0.1) is 0 Å². The lowest BCUT2D eigenvalue weighted by Crippen LogP contribution is -2.60. The summed E-state index contributed by atoms with van der Waals surface area (Å²) < 4.78 is 0. The second-order valence-corrected chi connectivity index (χ2v) is 25.0. The van der Waals surface area contributed by atoms with E-state index in [1.54, 1.807) is 6.92 Å². The molecule has 0 saturated heterocycles. The van der Waals surface area contributed by atoms with E-state index in [-0.39, 0.29) is 240 Å². The summed E-state index contributed by atoms with van der Waals surface area (Å²) in [5.74, 6) is -12.7. The van der Waals surface area contributed by atoms with Crippen LogP contribution in [0, 0.1) is 0 Å². The Morgan fingerprint density at radius 1 is 0.227 bits per heavy atom. The van der Waals surface area contributed by atoms with Crippen LogP contribution in [0.4, 0.5) is 0 Å². The van der Waals surface area contributed by atoms with E-state index in [0.29, 0.717) is 0 Å². The standard InChI is InChI=1S/C60H120N38O11S/c1-2-41(99)89-31(12-3-21-80-52(62)63)43(101)90-32(13-4-22-81-53(64)65)44(102)91-33(14-5-23-82-54(66)67)45(103)92-34(15-6-24-83-55(68)69)46(104)93-35(16-7-25-84-56(70)71)47(105)94-36(17-8-26-85-57(72)73)48(106)95-37(18-9-27-86-58(74)75)49(107)96-38(19-10-28-87-59(76)77)50(108)97-39(20-11-29-88-60(78)79)51(109)98-40(30-110)42(61)100/h31-40,110H,2-30H2,1H3,(H2,61,100)(H,89,99)(H,90,101)(H,91,102)(H,92,103)(H,93,104)(H,94,105)(H,95,106)(H,96,107)(H,97,108)(H,98,109)(H4,62,63,80)(H4,64,65,81)(H4,66,67,82)(H4,68,69,83)(H4,70,71,84)(H4,72,73,85)(H4,74,75,86)(H4,76,77,87)(H4,78,79,88)/t31-,32-,33-,34-,35-,36-,37-,38-,39-,40-/m1/s1. The summed E-state index contributed by atoms with van der Waals surface area (Å²) in [7, 11) is 0. The third-order valence-corrected chi connectivity index (χ3v) is 15.8. The summed E-state index contributed by atoms with van der Waals surface area (Å²) in [6, 6.07) is -14.7. The van der Waals surface area contributed by atoms with Crippen LogP contribution in [0.5, 0.6) is 0 Å². The van der Waals surface area contributed by atoms with Gasteiger partial charge < -0.3 is 162 Å². The van der Waals surface area contributed by atoms with E-state index in [1.807, 2.05) is 0 Å². The molecule has 0 aliphatic heterocycles. The SMILES string of the molecule is CCC(=O)N[C@H](CCCN=C(N)N)C(=O)N[C@H](CCCN=C(N)N)C(=O)N[C@H](CCCN=C(N)N)C(=O)N[C@H](CCCN=C(N)N)C(=O)N[C@H](CCCN=C(N)N)C(=O)N[C@H](CCCN=C(N)N)C(=O)N[C@H](CCCN=C(N)N)C(=O)N[C@H](CCCN=C(N)N)C(=O)N[C@H](CCCN=C(N)N)C(=O)N[C@H](CS)C(N)=O. The van der Waals surface area contributed by atoms with Crippen LogP contribution in [0.15, 0.2) is 44.9 Å². The van der Waals surface area contributed by atoms with E-state index >= 15 is 0 Å². The molecule has 11 amide bonds. The van der Waals surface area contributed by atoms with Crippen molar-refractivity contribution in [3.8, 4) is 0 Å². The lowest BCUT2D eigenvalue weighted by molar-refractivity contribution is -0.136. The van der Waals surface area contributed by atoms with Gasteiger partial charge >= 0.3 is 0 Å². The van der Waals surface area contributed by atoms with Gasteiger partial charge in [-0.15, -0.1) is 0 Å². The van der Waals surface area contributed by atoms with Crippen LogP contribution in [-0.4, -0.2) is 244 Å². The van der Waals surface area contributed by atoms with Crippen molar-refractivity contribution < 1.29 is 52.7 Å². The predicted octanol–water partition coefficient (Wildman–Crippen LogP) is -13.9. The number of amides is 11. The van der Waals surface area contributed by atoms with Crippen molar-refractivity contribution >= 4 is 131 Å². The van der Waals surface area contributed by atoms with Gasteiger partial charge in [0.15, 0.2) is 53.6 Å². The fourth-order valence-electron chi connectivity index (χ4n) is 9.91. The van der Waals surface area contributed by atoms with Gasteiger partial charge in [0.1, 0.15) is 60.4 Å². The van der Waals surface area contributed by atoms with Crippen LogP contribution in [0.3, 0.4) is 0 Å². The fraction of sp³-hybridized carbons (Fsp3) is 0.667. The van der Waals surface area contributed by atoms with Crippen molar-refractivity contribution in [2.45, 2.75) is 189 Å². The van der Waals surface area contributed by atoms with Gasteiger partial charge in [0.2, 0.25) is 65.0 Å². The number of nitrogens with zero attached hydrogens (tertiary/aromatic N) is 9. The van der Waals surface area contributed by atoms with E-state index in [4.69, 9.17) is 109 Å². The molecular formula is C60H120N38O11S. The summed E-state index contributed by atoms with van der Waals surface area (Å²) in [6.07, 6.45) is -1.10. The fourth-order valence-corrected chi connectivity index (χ4v) is 10.2. The molecule has 0 aliphatic rings. The van der Waals surface area contributed by atoms with E-state index in [1.165, 1.54) is 0 Å². The smallest absolute Gasteiger partial charge is 0.243 e. The first-order valence-corrected chi connectivity index (χ1v) is 36.0. The highest BCUT2D eigenvalue weighted by Gasteiger charge is 2.36. The normalized spacial score (nSPS) is 13.3. The minimum Gasteiger partial charge on any atom is -0.370 e. The molecule has 0 aromatic heterocycles. The molecule has 0 saturated carbocycles. The summed E-state index contributed by atoms with van der Waals surface area (Å²) >= 11 is 4.09. The van der Waals surface area contributed by atoms with E-state index < -0.39 is 125 Å². The lowest BCUT2D eigenvalue weighted by atomic mass is 10.0. The van der Waals surface area contributed by atoms with Gasteiger partial charge in [-0.2, -0.15) is 12.6 Å². The summed E-state index contributed by atoms with van der Waals surface area (Å²) in [4.78, 5) is 192. The van der Waals surface area contributed by atoms with Crippen molar-refractivity contribution in [1.82, 2.24) is 53.2 Å². The molecule has 0 heterocycles. The molecule has 0 radical (unpaired) electrons. The van der Waals surface area contributed by atoms with Crippen LogP contribution < -0.4 is 162 Å². The number of nitrogens with one attached hydrogen (secondary N) is 10. The predicted molar refractivity (Wildman–Crippen MR) is 422 cm³/mol. The number of hydrogen-bond donors (Lipinski definition) is 30. The molecule has 622 valence electrons. The number of hydrogen-bond acceptors (Lipinski definition) is 21. The van der Waals surface area contributed by atoms with Crippen LogP contribution in [0.25, 0.3) is 0 Å². The lowest BCUT2D eigenvalue weighted by Gasteiger charge is -2.28. The second-order valence-electron chi connectivity index (χ2n) is 24.6. The Balaban J connectivity index is 8.06. The number of guanidine groups is 9. The number of carbonyl (C=O) groups excluding carboxylic acids is 11. The largest absolute Gasteiger partial charge is 0.370 e. The Labute approximate surface area is 642 Å². The number of rotatable bonds is 58. The molecule has 0 aliphatic carbocycles. The molecule has 0 rings (SSSR count). The molecule has 0 aromatic carbocycles. The van der Waals surface area contributed by atoms with Crippen LogP contribution in [0.2, 0.25) is 0 Å². The van der Waals surface area contributed by atoms with Gasteiger partial charge in [-0.25, -0.2) is 0 Å². The molecule has 0 unspecified atom stereocenters. The highest BCUT2D eigenvalue weighted by Crippen LogP contribution is 2.13. The van der Waals surface area contributed by atoms with Crippen LogP contribution in [0.1, 0.15) is 129 Å². The van der Waals surface area contributed by atoms with Crippen molar-refractivity contribution in [1.29, 1.82) is 0 Å². The van der Waals surface area contributed by atoms with Crippen molar-refractivity contribution in [2.75, 3.05) is 64.7 Å². The maximum atomic E-state index is 15.0. The quantitative estimate of drug-likeness (QED) is 0.0116. The Hall–Kier alpha value is -12.0. The third kappa shape index (κ3) is 47.5. The van der Waals surface area contributed by atoms with Crippen molar-refractivity contribution in [2.24, 2.45) is 154 Å². The topological polar surface area (TPSA) is 914 Å². The molecule has 0 aromatic rings. The van der Waals surface area contributed by atoms with Crippen LogP contribution in [-0.2, 0) is 52.7 Å². The summed E-state index contributed by atoms with van der Waals surface area (Å²) in [5.41, 5.74) is 106. The zero-order valence-electron chi connectivity index (χ0n) is 62.2. The first kappa shape index (κ1) is 98.0. The average molecular weight is 1580 g/mol. The van der Waals surface area contributed by atoms with Crippen molar-refractivity contribution in [3.63, 3.8) is 0 Å². The summed E-state index contributed by atoms with van der Waals surface area (Å²) in [5, 5.41) is 26.2. The number of thiol groups is 1. The molecule has 0 bridgehead atoms. The van der Waals surface area contributed by atoms with Crippen LogP contribution >= 0.6 is 12.6 Å². The molecule has 50 heteroatoms. The molecule has 49 nitrogen and oxygen atoms in total. The zero-order chi connectivity index (χ0) is 83.3. The summed E-state index contributed by atoms with van der Waals surface area (Å²) in [6.45, 7) is 1.18. The average Bonchev–Trinajstić information content (AvgIpc) is 0.863. The van der Waals surface area contributed by atoms with Gasteiger partial charge in [-0.05, 0) is 116 Å². The van der Waals surface area contributed by atoms with E-state index in [2.05, 4.69) is 111 Å². The molecule has 0 spiro atoms. The molecular weight excluding hydrogens is 1460 g/mol. The maximum absolute atomic E-state index is 15.0. The zero-order valence-corrected chi connectivity index (χ0v) is 63.1. The number of nitrogens with two attached hydrogens (primary N) is 19. The first-order valence-electron chi connectivity index (χ1n) is 35.3. The molecule has 48 N–H and O–H groups in total. The first-order chi connectivity index (χ1) is 51.9. The highest BCUT2D eigenvalue weighted by atomic mass is 32.1. The monoisotopic (exact) mass is 1580 g/mol. The van der Waals surface area contributed by atoms with E-state index in [9.17, 15) is 52.7 Å². The third-order valence-electron chi connectivity index (χ3n) is 15.4. The molecule has 110 heavy (non-hydrogen) atoms. The van der Waals surface area contributed by atoms with Gasteiger partial charge in [-0.1, -0.05) is 6.92 Å². The Kier molecular flexibility index (Phi) is 50.1.